The molecule has 5 nitrogen and oxygen atoms in total. The monoisotopic (exact) mass is 381 g/mol. The molecule has 1 N–H and O–H groups in total. The minimum Gasteiger partial charge on any atom is -0.490 e. The molecule has 1 aliphatic rings. The highest BCUT2D eigenvalue weighted by atomic mass is 32.1. The van der Waals surface area contributed by atoms with Crippen molar-refractivity contribution in [3.63, 3.8) is 0 Å². The first-order chi connectivity index (χ1) is 13.2. The fraction of sp³-hybridized carbons (Fsp3) is 0.238. The smallest absolute Gasteiger partial charge is 0.303 e. The lowest BCUT2D eigenvalue weighted by molar-refractivity contribution is -0.136. The van der Waals surface area contributed by atoms with E-state index >= 15 is 0 Å². The zero-order valence-corrected chi connectivity index (χ0v) is 15.5. The Kier molecular flexibility index (Phi) is 5.07. The van der Waals surface area contributed by atoms with Crippen LogP contribution < -0.4 is 9.47 Å². The molecule has 0 aliphatic carbocycles. The van der Waals surface area contributed by atoms with Gasteiger partial charge in [0.15, 0.2) is 11.5 Å². The number of hydrogen-bond acceptors (Lipinski definition) is 5. The van der Waals surface area contributed by atoms with Crippen molar-refractivity contribution in [2.24, 2.45) is 0 Å². The predicted octanol–water partition coefficient (Wildman–Crippen LogP) is 4.86. The second-order valence-electron chi connectivity index (χ2n) is 6.28. The molecule has 0 fully saturated rings. The summed E-state index contributed by atoms with van der Waals surface area (Å²) in [5, 5.41) is 9.99. The van der Waals surface area contributed by atoms with Gasteiger partial charge in [0.25, 0.3) is 0 Å². The van der Waals surface area contributed by atoms with Gasteiger partial charge in [0.2, 0.25) is 0 Å². The van der Waals surface area contributed by atoms with E-state index in [0.717, 1.165) is 38.5 Å². The summed E-state index contributed by atoms with van der Waals surface area (Å²) < 4.78 is 12.7. The van der Waals surface area contributed by atoms with Crippen LogP contribution in [0.1, 0.15) is 29.8 Å². The Hall–Kier alpha value is -2.86. The van der Waals surface area contributed by atoms with Gasteiger partial charge >= 0.3 is 5.97 Å². The van der Waals surface area contributed by atoms with Crippen molar-refractivity contribution in [3.8, 4) is 11.5 Å². The van der Waals surface area contributed by atoms with E-state index in [0.29, 0.717) is 25.4 Å². The van der Waals surface area contributed by atoms with E-state index in [9.17, 15) is 4.79 Å². The van der Waals surface area contributed by atoms with E-state index in [1.54, 1.807) is 11.3 Å². The number of carbonyl (C=O) groups is 1. The lowest BCUT2D eigenvalue weighted by Gasteiger charge is -2.11. The topological polar surface area (TPSA) is 68.7 Å². The summed E-state index contributed by atoms with van der Waals surface area (Å²) in [6.45, 7) is 1.23. The van der Waals surface area contributed by atoms with Crippen LogP contribution in [0.4, 0.5) is 0 Å². The summed E-state index contributed by atoms with van der Waals surface area (Å²) in [6.07, 6.45) is 3.27. The van der Waals surface area contributed by atoms with Crippen LogP contribution in [0.5, 0.6) is 11.5 Å². The van der Waals surface area contributed by atoms with Crippen molar-refractivity contribution in [2.45, 2.75) is 19.3 Å². The van der Waals surface area contributed by atoms with E-state index in [1.807, 2.05) is 48.5 Å². The summed E-state index contributed by atoms with van der Waals surface area (Å²) in [5.41, 5.74) is 2.69. The summed E-state index contributed by atoms with van der Waals surface area (Å²) >= 11 is 1.57. The fourth-order valence-electron chi connectivity index (χ4n) is 3.01. The van der Waals surface area contributed by atoms with Gasteiger partial charge in [0.05, 0.1) is 23.4 Å². The average Bonchev–Trinajstić information content (AvgIpc) is 2.95. The van der Waals surface area contributed by atoms with Crippen LogP contribution in [-0.4, -0.2) is 29.3 Å². The number of allylic oxidation sites excluding steroid dienone is 1. The summed E-state index contributed by atoms with van der Waals surface area (Å²) in [4.78, 5) is 15.9. The molecule has 4 rings (SSSR count). The van der Waals surface area contributed by atoms with Gasteiger partial charge < -0.3 is 14.6 Å². The number of para-hydroxylation sites is 2. The molecule has 0 atom stereocenters. The third kappa shape index (κ3) is 3.95. The van der Waals surface area contributed by atoms with Crippen LogP contribution >= 0.6 is 11.3 Å². The summed E-state index contributed by atoms with van der Waals surface area (Å²) in [5.74, 6) is 0.612. The predicted molar refractivity (Wildman–Crippen MR) is 106 cm³/mol. The van der Waals surface area contributed by atoms with Crippen molar-refractivity contribution in [3.05, 3.63) is 53.0 Å². The van der Waals surface area contributed by atoms with Crippen molar-refractivity contribution >= 4 is 39.2 Å². The van der Waals surface area contributed by atoms with Gasteiger partial charge in [0, 0.05) is 18.4 Å². The molecule has 0 spiro atoms. The van der Waals surface area contributed by atoms with Gasteiger partial charge in [0.1, 0.15) is 5.01 Å². The zero-order valence-electron chi connectivity index (χ0n) is 14.7. The highest BCUT2D eigenvalue weighted by Crippen LogP contribution is 2.37. The number of hydrogen-bond donors (Lipinski definition) is 1. The van der Waals surface area contributed by atoms with Gasteiger partial charge in [-0.3, -0.25) is 4.79 Å². The quantitative estimate of drug-likeness (QED) is 0.683. The SMILES string of the molecule is O=C(O)CC/C(=C\c1cccc2c1OCCCO2)c1nc2ccccc2s1. The molecule has 0 radical (unpaired) electrons. The Morgan fingerprint density at radius 1 is 1.11 bits per heavy atom. The molecule has 0 saturated carbocycles. The van der Waals surface area contributed by atoms with Gasteiger partial charge in [-0.15, -0.1) is 11.3 Å². The maximum Gasteiger partial charge on any atom is 0.303 e. The van der Waals surface area contributed by atoms with Gasteiger partial charge in [-0.1, -0.05) is 24.3 Å². The molecule has 2 heterocycles. The van der Waals surface area contributed by atoms with E-state index < -0.39 is 5.97 Å². The standard InChI is InChI=1S/C21H19NO4S/c23-19(24)10-9-15(21-22-16-6-1-2-8-18(16)27-21)13-14-5-3-7-17-20(14)26-12-4-11-25-17/h1-3,5-8,13H,4,9-12H2,(H,23,24)/b15-13+. The molecule has 0 bridgehead atoms. The van der Waals surface area contributed by atoms with E-state index in [2.05, 4.69) is 0 Å². The highest BCUT2D eigenvalue weighted by molar-refractivity contribution is 7.19. The molecule has 0 amide bonds. The Morgan fingerprint density at radius 3 is 2.81 bits per heavy atom. The Bertz CT molecular complexity index is 975. The van der Waals surface area contributed by atoms with E-state index in [-0.39, 0.29) is 6.42 Å². The lowest BCUT2D eigenvalue weighted by atomic mass is 10.1. The van der Waals surface area contributed by atoms with Gasteiger partial charge in [-0.2, -0.15) is 0 Å². The van der Waals surface area contributed by atoms with Crippen molar-refractivity contribution < 1.29 is 19.4 Å². The molecular weight excluding hydrogens is 362 g/mol. The number of nitrogens with zero attached hydrogens (tertiary/aromatic N) is 1. The van der Waals surface area contributed by atoms with Crippen LogP contribution in [-0.2, 0) is 4.79 Å². The zero-order chi connectivity index (χ0) is 18.6. The number of fused-ring (bicyclic) bond motifs is 2. The van der Waals surface area contributed by atoms with E-state index in [4.69, 9.17) is 19.6 Å². The normalized spacial score (nSPS) is 14.1. The third-order valence-electron chi connectivity index (χ3n) is 4.31. The first kappa shape index (κ1) is 17.5. The average molecular weight is 381 g/mol. The van der Waals surface area contributed by atoms with Crippen LogP contribution in [0.25, 0.3) is 21.9 Å². The molecule has 2 aromatic carbocycles. The first-order valence-electron chi connectivity index (χ1n) is 8.87. The molecule has 27 heavy (non-hydrogen) atoms. The lowest BCUT2D eigenvalue weighted by Crippen LogP contribution is -1.98. The number of aromatic nitrogens is 1. The molecule has 6 heteroatoms. The minimum atomic E-state index is -0.825. The molecule has 138 valence electrons. The van der Waals surface area contributed by atoms with Gasteiger partial charge in [-0.25, -0.2) is 4.98 Å². The summed E-state index contributed by atoms with van der Waals surface area (Å²) in [6, 6.07) is 13.7. The van der Waals surface area contributed by atoms with Crippen LogP contribution in [0, 0.1) is 0 Å². The maximum absolute atomic E-state index is 11.1. The molecular formula is C21H19NO4S. The molecule has 3 aromatic rings. The fourth-order valence-corrected chi connectivity index (χ4v) is 4.02. The molecule has 0 unspecified atom stereocenters. The molecule has 1 aliphatic heterocycles. The second kappa shape index (κ2) is 7.80. The number of rotatable bonds is 5. The van der Waals surface area contributed by atoms with Crippen LogP contribution in [0.15, 0.2) is 42.5 Å². The minimum absolute atomic E-state index is 0.0497. The number of carboxylic acids is 1. The first-order valence-corrected chi connectivity index (χ1v) is 9.69. The van der Waals surface area contributed by atoms with Crippen molar-refractivity contribution in [1.29, 1.82) is 0 Å². The van der Waals surface area contributed by atoms with E-state index in [1.165, 1.54) is 0 Å². The number of carboxylic acid groups (broad SMARTS) is 1. The largest absolute Gasteiger partial charge is 0.490 e. The number of ether oxygens (including phenoxy) is 2. The number of benzene rings is 2. The Balaban J connectivity index is 1.78. The van der Waals surface area contributed by atoms with Crippen molar-refractivity contribution in [1.82, 2.24) is 4.98 Å². The third-order valence-corrected chi connectivity index (χ3v) is 5.42. The van der Waals surface area contributed by atoms with Gasteiger partial charge in [-0.05, 0) is 36.3 Å². The molecule has 1 aromatic heterocycles. The number of thiazole rings is 1. The summed E-state index contributed by atoms with van der Waals surface area (Å²) in [7, 11) is 0. The second-order valence-corrected chi connectivity index (χ2v) is 7.31. The Labute approximate surface area is 160 Å². The van der Waals surface area contributed by atoms with Crippen LogP contribution in [0.3, 0.4) is 0 Å². The van der Waals surface area contributed by atoms with Crippen LogP contribution in [0.2, 0.25) is 0 Å². The number of aliphatic carboxylic acids is 1. The Morgan fingerprint density at radius 2 is 1.96 bits per heavy atom. The molecule has 0 saturated heterocycles. The highest BCUT2D eigenvalue weighted by Gasteiger charge is 2.16. The maximum atomic E-state index is 11.1. The van der Waals surface area contributed by atoms with Crippen molar-refractivity contribution in [2.75, 3.05) is 13.2 Å².